The van der Waals surface area contributed by atoms with Gasteiger partial charge < -0.3 is 9.64 Å². The SMILES string of the molecule is Br.COc1ccc(C=Cc2ccc3c(=O)n(CCCCN(C)C)ncc3c2)cc1. The van der Waals surface area contributed by atoms with Crippen LogP contribution in [0.15, 0.2) is 53.5 Å². The number of fused-ring (bicyclic) bond motifs is 1. The van der Waals surface area contributed by atoms with Crippen LogP contribution >= 0.6 is 17.0 Å². The zero-order valence-corrected chi connectivity index (χ0v) is 18.9. The minimum Gasteiger partial charge on any atom is -0.497 e. The number of nitrogens with zero attached hydrogens (tertiary/aromatic N) is 3. The molecule has 0 aliphatic heterocycles. The molecule has 3 rings (SSSR count). The average Bonchev–Trinajstić information content (AvgIpc) is 2.71. The first kappa shape index (κ1) is 22.8. The predicted molar refractivity (Wildman–Crippen MR) is 126 cm³/mol. The molecule has 2 aromatic carbocycles. The number of benzene rings is 2. The highest BCUT2D eigenvalue weighted by Gasteiger charge is 2.05. The molecule has 6 heteroatoms. The van der Waals surface area contributed by atoms with Gasteiger partial charge in [0.15, 0.2) is 0 Å². The van der Waals surface area contributed by atoms with E-state index in [9.17, 15) is 4.79 Å². The fraction of sp³-hybridized carbons (Fsp3) is 0.304. The standard InChI is InChI=1S/C23H27N3O2.BrH/c1-25(2)14-4-5-15-26-23(27)22-13-10-19(16-20(22)17-24-26)7-6-18-8-11-21(28-3)12-9-18;/h6-13,16-17H,4-5,14-15H2,1-3H3;1H. The third kappa shape index (κ3) is 6.27. The number of unbranched alkanes of at least 4 members (excludes halogenated alkanes) is 1. The van der Waals surface area contributed by atoms with Gasteiger partial charge in [0.25, 0.3) is 5.56 Å². The molecule has 0 fully saturated rings. The van der Waals surface area contributed by atoms with Crippen molar-refractivity contribution in [1.29, 1.82) is 0 Å². The lowest BCUT2D eigenvalue weighted by atomic mass is 10.1. The summed E-state index contributed by atoms with van der Waals surface area (Å²) in [6, 6.07) is 13.7. The van der Waals surface area contributed by atoms with Crippen LogP contribution in [0, 0.1) is 0 Å². The van der Waals surface area contributed by atoms with Gasteiger partial charge in [-0.1, -0.05) is 30.4 Å². The molecule has 0 amide bonds. The van der Waals surface area contributed by atoms with Crippen LogP contribution < -0.4 is 10.3 Å². The van der Waals surface area contributed by atoms with Gasteiger partial charge in [-0.3, -0.25) is 4.79 Å². The Hall–Kier alpha value is -2.44. The largest absolute Gasteiger partial charge is 0.497 e. The molecule has 1 heterocycles. The number of aromatic nitrogens is 2. The van der Waals surface area contributed by atoms with Gasteiger partial charge in [0, 0.05) is 11.9 Å². The van der Waals surface area contributed by atoms with Gasteiger partial charge in [0.1, 0.15) is 5.75 Å². The van der Waals surface area contributed by atoms with Crippen LogP contribution in [0.25, 0.3) is 22.9 Å². The van der Waals surface area contributed by atoms with E-state index >= 15 is 0 Å². The fourth-order valence-corrected chi connectivity index (χ4v) is 3.07. The van der Waals surface area contributed by atoms with E-state index in [1.165, 1.54) is 0 Å². The fourth-order valence-electron chi connectivity index (χ4n) is 3.07. The molecule has 0 aliphatic rings. The third-order valence-electron chi connectivity index (χ3n) is 4.69. The zero-order chi connectivity index (χ0) is 19.9. The first-order chi connectivity index (χ1) is 13.6. The van der Waals surface area contributed by atoms with E-state index in [0.29, 0.717) is 11.9 Å². The molecule has 5 nitrogen and oxygen atoms in total. The Morgan fingerprint density at radius 1 is 1.03 bits per heavy atom. The first-order valence-corrected chi connectivity index (χ1v) is 9.53. The summed E-state index contributed by atoms with van der Waals surface area (Å²) in [6.07, 6.45) is 7.86. The van der Waals surface area contributed by atoms with Gasteiger partial charge in [0.2, 0.25) is 0 Å². The molecule has 0 bridgehead atoms. The Balaban J connectivity index is 0.00000300. The molecule has 0 atom stereocenters. The quantitative estimate of drug-likeness (QED) is 0.369. The van der Waals surface area contributed by atoms with E-state index in [1.807, 2.05) is 54.6 Å². The highest BCUT2D eigenvalue weighted by atomic mass is 79.9. The van der Waals surface area contributed by atoms with Gasteiger partial charge in [-0.15, -0.1) is 17.0 Å². The third-order valence-corrected chi connectivity index (χ3v) is 4.69. The number of ether oxygens (including phenoxy) is 1. The molecule has 154 valence electrons. The van der Waals surface area contributed by atoms with Crippen molar-refractivity contribution in [1.82, 2.24) is 14.7 Å². The minimum atomic E-state index is -0.0203. The van der Waals surface area contributed by atoms with Crippen LogP contribution in [-0.4, -0.2) is 42.4 Å². The Morgan fingerprint density at radius 2 is 1.72 bits per heavy atom. The maximum absolute atomic E-state index is 12.7. The Bertz CT molecular complexity index is 1010. The van der Waals surface area contributed by atoms with Gasteiger partial charge in [-0.05, 0) is 68.9 Å². The molecule has 3 aromatic rings. The van der Waals surface area contributed by atoms with E-state index in [4.69, 9.17) is 4.74 Å². The summed E-state index contributed by atoms with van der Waals surface area (Å²) in [7, 11) is 5.77. The van der Waals surface area contributed by atoms with Crippen molar-refractivity contribution in [2.45, 2.75) is 19.4 Å². The van der Waals surface area contributed by atoms with E-state index in [0.717, 1.165) is 41.6 Å². The van der Waals surface area contributed by atoms with Crippen LogP contribution in [0.5, 0.6) is 5.75 Å². The topological polar surface area (TPSA) is 47.4 Å². The first-order valence-electron chi connectivity index (χ1n) is 9.53. The van der Waals surface area contributed by atoms with Gasteiger partial charge in [0.05, 0.1) is 18.7 Å². The number of aryl methyl sites for hydroxylation is 1. The molecular formula is C23H28BrN3O2. The second-order valence-corrected chi connectivity index (χ2v) is 7.14. The monoisotopic (exact) mass is 457 g/mol. The van der Waals surface area contributed by atoms with Gasteiger partial charge >= 0.3 is 0 Å². The van der Waals surface area contributed by atoms with Crippen molar-refractivity contribution in [3.63, 3.8) is 0 Å². The maximum Gasteiger partial charge on any atom is 0.274 e. The summed E-state index contributed by atoms with van der Waals surface area (Å²) in [5.74, 6) is 0.840. The number of hydrogen-bond acceptors (Lipinski definition) is 4. The lowest BCUT2D eigenvalue weighted by molar-refractivity contribution is 0.383. The average molecular weight is 458 g/mol. The number of hydrogen-bond donors (Lipinski definition) is 0. The number of methoxy groups -OCH3 is 1. The zero-order valence-electron chi connectivity index (χ0n) is 17.2. The molecular weight excluding hydrogens is 430 g/mol. The second kappa shape index (κ2) is 10.9. The molecule has 0 saturated carbocycles. The van der Waals surface area contributed by atoms with Crippen LogP contribution in [0.4, 0.5) is 0 Å². The molecule has 0 saturated heterocycles. The van der Waals surface area contributed by atoms with Crippen molar-refractivity contribution in [3.8, 4) is 5.75 Å². The van der Waals surface area contributed by atoms with Gasteiger partial charge in [-0.2, -0.15) is 5.10 Å². The summed E-state index contributed by atoms with van der Waals surface area (Å²) < 4.78 is 6.75. The molecule has 0 unspecified atom stereocenters. The highest BCUT2D eigenvalue weighted by molar-refractivity contribution is 8.93. The molecule has 0 radical (unpaired) electrons. The molecule has 0 aliphatic carbocycles. The Labute approximate surface area is 182 Å². The van der Waals surface area contributed by atoms with Crippen LogP contribution in [0.3, 0.4) is 0 Å². The smallest absolute Gasteiger partial charge is 0.274 e. The second-order valence-electron chi connectivity index (χ2n) is 7.14. The Morgan fingerprint density at radius 3 is 2.41 bits per heavy atom. The maximum atomic E-state index is 12.7. The van der Waals surface area contributed by atoms with Crippen LogP contribution in [-0.2, 0) is 6.54 Å². The minimum absolute atomic E-state index is 0. The van der Waals surface area contributed by atoms with E-state index in [2.05, 4.69) is 24.1 Å². The van der Waals surface area contributed by atoms with Crippen molar-refractivity contribution in [3.05, 3.63) is 70.1 Å². The van der Waals surface area contributed by atoms with Crippen LogP contribution in [0.1, 0.15) is 24.0 Å². The number of rotatable bonds is 8. The molecule has 1 aromatic heterocycles. The summed E-state index contributed by atoms with van der Waals surface area (Å²) >= 11 is 0. The molecule has 0 spiro atoms. The lowest BCUT2D eigenvalue weighted by Gasteiger charge is -2.10. The summed E-state index contributed by atoms with van der Waals surface area (Å²) in [5, 5.41) is 5.93. The molecule has 0 N–H and O–H groups in total. The Kier molecular flexibility index (Phi) is 8.61. The van der Waals surface area contributed by atoms with Crippen molar-refractivity contribution >= 4 is 39.9 Å². The van der Waals surface area contributed by atoms with E-state index < -0.39 is 0 Å². The summed E-state index contributed by atoms with van der Waals surface area (Å²) in [5.41, 5.74) is 2.11. The number of halogens is 1. The molecule has 29 heavy (non-hydrogen) atoms. The predicted octanol–water partition coefficient (Wildman–Crippen LogP) is 4.50. The van der Waals surface area contributed by atoms with Crippen LogP contribution in [0.2, 0.25) is 0 Å². The van der Waals surface area contributed by atoms with E-state index in [1.54, 1.807) is 18.0 Å². The highest BCUT2D eigenvalue weighted by Crippen LogP contribution is 2.16. The van der Waals surface area contributed by atoms with Gasteiger partial charge in [-0.25, -0.2) is 4.68 Å². The van der Waals surface area contributed by atoms with E-state index in [-0.39, 0.29) is 22.5 Å². The van der Waals surface area contributed by atoms with Crippen molar-refractivity contribution in [2.24, 2.45) is 0 Å². The lowest BCUT2D eigenvalue weighted by Crippen LogP contribution is -2.23. The van der Waals surface area contributed by atoms with Crippen molar-refractivity contribution in [2.75, 3.05) is 27.7 Å². The normalized spacial score (nSPS) is 11.2. The summed E-state index contributed by atoms with van der Waals surface area (Å²) in [6.45, 7) is 1.67. The summed E-state index contributed by atoms with van der Waals surface area (Å²) in [4.78, 5) is 14.8. The van der Waals surface area contributed by atoms with Crippen molar-refractivity contribution < 1.29 is 4.74 Å².